The maximum absolute atomic E-state index is 6.58. The van der Waals surface area contributed by atoms with Crippen molar-refractivity contribution in [1.29, 1.82) is 0 Å². The number of hydrogen-bond acceptors (Lipinski definition) is 5. The van der Waals surface area contributed by atoms with E-state index in [1.165, 1.54) is 0 Å². The fourth-order valence-corrected chi connectivity index (χ4v) is 6.24. The van der Waals surface area contributed by atoms with Crippen molar-refractivity contribution in [3.05, 3.63) is 158 Å². The first-order valence-electron chi connectivity index (χ1n) is 15.5. The van der Waals surface area contributed by atoms with E-state index >= 15 is 0 Å². The zero-order valence-corrected chi connectivity index (χ0v) is 25.2. The van der Waals surface area contributed by atoms with Gasteiger partial charge in [-0.1, -0.05) is 115 Å². The average molecular weight is 603 g/mol. The quantitative estimate of drug-likeness (QED) is 0.196. The highest BCUT2D eigenvalue weighted by Crippen LogP contribution is 2.41. The van der Waals surface area contributed by atoms with Gasteiger partial charge < -0.3 is 4.42 Å². The van der Waals surface area contributed by atoms with E-state index in [0.717, 1.165) is 71.7 Å². The molecular weight excluding hydrogens is 576 g/mol. The molecule has 6 aromatic carbocycles. The standard InChI is InChI=1S/C42H26N4O/c1-4-10-27(11-5-1)29-16-18-31(19-17-29)41-44-40(30-14-8-3-9-15-30)45-42(46-41)36-22-33(28-12-6-2-7-13-28)25-38-39(36)35-23-34-26-43-21-20-32(34)24-37(35)47-38/h1-26H. The van der Waals surface area contributed by atoms with Crippen molar-refractivity contribution in [2.75, 3.05) is 0 Å². The van der Waals surface area contributed by atoms with E-state index in [2.05, 4.69) is 89.9 Å². The summed E-state index contributed by atoms with van der Waals surface area (Å²) in [4.78, 5) is 19.7. The minimum atomic E-state index is 0.581. The average Bonchev–Trinajstić information content (AvgIpc) is 3.51. The summed E-state index contributed by atoms with van der Waals surface area (Å²) in [5, 5.41) is 4.07. The van der Waals surface area contributed by atoms with E-state index in [-0.39, 0.29) is 0 Å². The van der Waals surface area contributed by atoms with Crippen molar-refractivity contribution in [3.63, 3.8) is 0 Å². The van der Waals surface area contributed by atoms with E-state index in [9.17, 15) is 0 Å². The SMILES string of the molecule is c1ccc(-c2ccc(-c3nc(-c4ccccc4)nc(-c4cc(-c5ccccc5)cc5oc6cc7ccncc7cc6c45)n3)cc2)cc1. The van der Waals surface area contributed by atoms with Gasteiger partial charge in [0.2, 0.25) is 0 Å². The van der Waals surface area contributed by atoms with Gasteiger partial charge in [0.25, 0.3) is 0 Å². The van der Waals surface area contributed by atoms with E-state index in [1.54, 1.807) is 6.20 Å². The van der Waals surface area contributed by atoms with Crippen LogP contribution in [0.4, 0.5) is 0 Å². The Morgan fingerprint density at radius 1 is 0.404 bits per heavy atom. The normalized spacial score (nSPS) is 11.4. The van der Waals surface area contributed by atoms with Gasteiger partial charge in [-0.2, -0.15) is 0 Å². The van der Waals surface area contributed by atoms with Gasteiger partial charge in [-0.25, -0.2) is 15.0 Å². The molecule has 0 amide bonds. The van der Waals surface area contributed by atoms with Crippen LogP contribution in [0.15, 0.2) is 162 Å². The second-order valence-electron chi connectivity index (χ2n) is 11.6. The van der Waals surface area contributed by atoms with E-state index in [4.69, 9.17) is 19.4 Å². The highest BCUT2D eigenvalue weighted by molar-refractivity contribution is 6.16. The predicted octanol–water partition coefficient (Wildman–Crippen LogP) is 10.7. The van der Waals surface area contributed by atoms with Crippen LogP contribution in [0.5, 0.6) is 0 Å². The highest BCUT2D eigenvalue weighted by Gasteiger charge is 2.20. The number of pyridine rings is 1. The molecule has 0 saturated carbocycles. The molecule has 5 heteroatoms. The van der Waals surface area contributed by atoms with Crippen LogP contribution in [0.2, 0.25) is 0 Å². The molecule has 9 aromatic rings. The summed E-state index contributed by atoms with van der Waals surface area (Å²) in [5.41, 5.74) is 8.69. The summed E-state index contributed by atoms with van der Waals surface area (Å²) in [6, 6.07) is 49.7. The summed E-state index contributed by atoms with van der Waals surface area (Å²) in [6.07, 6.45) is 3.69. The molecule has 0 fully saturated rings. The van der Waals surface area contributed by atoms with Gasteiger partial charge >= 0.3 is 0 Å². The lowest BCUT2D eigenvalue weighted by molar-refractivity contribution is 0.669. The van der Waals surface area contributed by atoms with Crippen molar-refractivity contribution in [2.45, 2.75) is 0 Å². The number of rotatable bonds is 5. The lowest BCUT2D eigenvalue weighted by Gasteiger charge is -2.11. The van der Waals surface area contributed by atoms with Gasteiger partial charge in [-0.15, -0.1) is 0 Å². The van der Waals surface area contributed by atoms with Gasteiger partial charge in [-0.3, -0.25) is 4.98 Å². The van der Waals surface area contributed by atoms with Crippen LogP contribution in [0.1, 0.15) is 0 Å². The number of nitrogens with zero attached hydrogens (tertiary/aromatic N) is 4. The molecule has 9 rings (SSSR count). The van der Waals surface area contributed by atoms with Crippen LogP contribution in [0.3, 0.4) is 0 Å². The molecule has 3 aromatic heterocycles. The minimum Gasteiger partial charge on any atom is -0.456 e. The number of hydrogen-bond donors (Lipinski definition) is 0. The Balaban J connectivity index is 1.31. The summed E-state index contributed by atoms with van der Waals surface area (Å²) >= 11 is 0. The molecule has 0 radical (unpaired) electrons. The third kappa shape index (κ3) is 4.91. The number of furan rings is 1. The van der Waals surface area contributed by atoms with Gasteiger partial charge in [0.1, 0.15) is 11.2 Å². The Hall–Kier alpha value is -6.46. The first-order valence-corrected chi connectivity index (χ1v) is 15.5. The van der Waals surface area contributed by atoms with Crippen molar-refractivity contribution in [1.82, 2.24) is 19.9 Å². The summed E-state index contributed by atoms with van der Waals surface area (Å²) in [7, 11) is 0. The Bertz CT molecular complexity index is 2540. The molecule has 0 aliphatic carbocycles. The van der Waals surface area contributed by atoms with Crippen LogP contribution in [0.25, 0.3) is 89.1 Å². The molecule has 0 aliphatic heterocycles. The monoisotopic (exact) mass is 602 g/mol. The molecule has 0 aliphatic rings. The zero-order valence-electron chi connectivity index (χ0n) is 25.2. The maximum atomic E-state index is 6.58. The maximum Gasteiger partial charge on any atom is 0.164 e. The number of aromatic nitrogens is 4. The van der Waals surface area contributed by atoms with Crippen molar-refractivity contribution in [3.8, 4) is 56.4 Å². The molecule has 47 heavy (non-hydrogen) atoms. The summed E-state index contributed by atoms with van der Waals surface area (Å²) in [6.45, 7) is 0. The van der Waals surface area contributed by atoms with Crippen LogP contribution >= 0.6 is 0 Å². The van der Waals surface area contributed by atoms with Gasteiger partial charge in [-0.05, 0) is 58.0 Å². The van der Waals surface area contributed by atoms with Crippen molar-refractivity contribution < 1.29 is 4.42 Å². The fourth-order valence-electron chi connectivity index (χ4n) is 6.24. The molecule has 0 unspecified atom stereocenters. The summed E-state index contributed by atoms with van der Waals surface area (Å²) in [5.74, 6) is 1.80. The van der Waals surface area contributed by atoms with Crippen LogP contribution in [-0.4, -0.2) is 19.9 Å². The number of fused-ring (bicyclic) bond motifs is 4. The third-order valence-corrected chi connectivity index (χ3v) is 8.60. The molecule has 5 nitrogen and oxygen atoms in total. The third-order valence-electron chi connectivity index (χ3n) is 8.60. The van der Waals surface area contributed by atoms with Gasteiger partial charge in [0.05, 0.1) is 0 Å². The second kappa shape index (κ2) is 11.2. The first-order chi connectivity index (χ1) is 23.3. The Morgan fingerprint density at radius 3 is 1.64 bits per heavy atom. The highest BCUT2D eigenvalue weighted by atomic mass is 16.3. The molecular formula is C42H26N4O. The van der Waals surface area contributed by atoms with Crippen molar-refractivity contribution >= 4 is 32.7 Å². The molecule has 220 valence electrons. The molecule has 0 N–H and O–H groups in total. The zero-order chi connectivity index (χ0) is 31.2. The van der Waals surface area contributed by atoms with Crippen molar-refractivity contribution in [2.24, 2.45) is 0 Å². The molecule has 0 saturated heterocycles. The lowest BCUT2D eigenvalue weighted by atomic mass is 9.97. The molecule has 0 atom stereocenters. The van der Waals surface area contributed by atoms with Gasteiger partial charge in [0.15, 0.2) is 17.5 Å². The largest absolute Gasteiger partial charge is 0.456 e. The Morgan fingerprint density at radius 2 is 0.957 bits per heavy atom. The van der Waals surface area contributed by atoms with Crippen LogP contribution in [0, 0.1) is 0 Å². The predicted molar refractivity (Wildman–Crippen MR) is 190 cm³/mol. The smallest absolute Gasteiger partial charge is 0.164 e. The first kappa shape index (κ1) is 26.9. The molecule has 3 heterocycles. The Kier molecular flexibility index (Phi) is 6.39. The van der Waals surface area contributed by atoms with E-state index < -0.39 is 0 Å². The number of benzene rings is 6. The van der Waals surface area contributed by atoms with E-state index in [1.807, 2.05) is 66.9 Å². The fraction of sp³-hybridized carbons (Fsp3) is 0. The minimum absolute atomic E-state index is 0.581. The van der Waals surface area contributed by atoms with E-state index in [0.29, 0.717) is 17.5 Å². The Labute approximate surface area is 270 Å². The van der Waals surface area contributed by atoms with Gasteiger partial charge in [0, 0.05) is 45.2 Å². The molecule has 0 spiro atoms. The van der Waals surface area contributed by atoms with Crippen LogP contribution < -0.4 is 0 Å². The van der Waals surface area contributed by atoms with Crippen LogP contribution in [-0.2, 0) is 0 Å². The second-order valence-corrected chi connectivity index (χ2v) is 11.6. The lowest BCUT2D eigenvalue weighted by Crippen LogP contribution is -2.00. The summed E-state index contributed by atoms with van der Waals surface area (Å²) < 4.78 is 6.58. The topological polar surface area (TPSA) is 64.7 Å². The molecule has 0 bridgehead atoms.